The monoisotopic (exact) mass is 418 g/mol. The van der Waals surface area contributed by atoms with E-state index in [0.717, 1.165) is 16.5 Å². The van der Waals surface area contributed by atoms with Crippen LogP contribution in [-0.2, 0) is 21.3 Å². The first-order valence-electron chi connectivity index (χ1n) is 7.94. The minimum absolute atomic E-state index is 0.0137. The highest BCUT2D eigenvalue weighted by Crippen LogP contribution is 2.29. The Morgan fingerprint density at radius 3 is 2.64 bits per heavy atom. The molecule has 144 valence electrons. The molecule has 0 saturated carbocycles. The quantitative estimate of drug-likeness (QED) is 0.472. The molecule has 4 rings (SSSR count). The number of ether oxygens (including phenoxy) is 1. The lowest BCUT2D eigenvalue weighted by atomic mass is 10.2. The highest BCUT2D eigenvalue weighted by molar-refractivity contribution is 7.90. The summed E-state index contributed by atoms with van der Waals surface area (Å²) in [7, 11) is -1.80. The van der Waals surface area contributed by atoms with Gasteiger partial charge in [-0.05, 0) is 12.1 Å². The number of fused-ring (bicyclic) bond motifs is 1. The molecule has 12 heteroatoms. The van der Waals surface area contributed by atoms with Crippen LogP contribution in [-0.4, -0.2) is 51.1 Å². The van der Waals surface area contributed by atoms with E-state index in [1.165, 1.54) is 29.2 Å². The lowest BCUT2D eigenvalue weighted by Crippen LogP contribution is -2.30. The Morgan fingerprint density at radius 2 is 1.96 bits per heavy atom. The maximum atomic E-state index is 12.3. The van der Waals surface area contributed by atoms with Crippen LogP contribution < -0.4 is 5.69 Å². The number of nitrogens with zero attached hydrogens (tertiary/aromatic N) is 6. The van der Waals surface area contributed by atoms with E-state index in [9.17, 15) is 13.2 Å². The van der Waals surface area contributed by atoms with Crippen molar-refractivity contribution >= 4 is 26.8 Å². The van der Waals surface area contributed by atoms with Crippen LogP contribution in [0.5, 0.6) is 0 Å². The smallest absolute Gasteiger partial charge is 0.355 e. The number of thiazole rings is 1. The molecule has 0 aliphatic carbocycles. The van der Waals surface area contributed by atoms with Crippen LogP contribution in [0.1, 0.15) is 0 Å². The first-order chi connectivity index (χ1) is 13.4. The number of imidazole rings is 1. The standard InChI is InChI=1S/C16H14N6O4S2/c1-26-9-22-16(23)21-8-17-13(14(21)19-20-22)15-18-12(7-27-15)10-3-5-11(6-4-10)28(2,24)25/h3-8H,9H2,1-2H3. The number of benzene rings is 1. The van der Waals surface area contributed by atoms with Crippen molar-refractivity contribution in [3.05, 3.63) is 46.5 Å². The fraction of sp³-hybridized carbons (Fsp3) is 0.188. The number of rotatable bonds is 5. The van der Waals surface area contributed by atoms with Gasteiger partial charge in [0.2, 0.25) is 0 Å². The van der Waals surface area contributed by atoms with Gasteiger partial charge in [0.05, 0.1) is 10.6 Å². The van der Waals surface area contributed by atoms with Crippen molar-refractivity contribution < 1.29 is 13.2 Å². The highest BCUT2D eigenvalue weighted by atomic mass is 32.2. The molecule has 0 N–H and O–H groups in total. The molecule has 0 amide bonds. The van der Waals surface area contributed by atoms with E-state index in [1.54, 1.807) is 24.3 Å². The predicted molar refractivity (Wildman–Crippen MR) is 102 cm³/mol. The SMILES string of the molecule is COCn1nnc2c(-c3nc(-c4ccc(S(C)(=O)=O)cc4)cs3)ncn2c1=O. The normalized spacial score (nSPS) is 11.9. The van der Waals surface area contributed by atoms with Crippen LogP contribution in [0.3, 0.4) is 0 Å². The van der Waals surface area contributed by atoms with Crippen molar-refractivity contribution in [1.82, 2.24) is 29.4 Å². The van der Waals surface area contributed by atoms with Crippen LogP contribution in [0, 0.1) is 0 Å². The van der Waals surface area contributed by atoms with Gasteiger partial charge < -0.3 is 4.74 Å². The first-order valence-corrected chi connectivity index (χ1v) is 10.7. The second-order valence-corrected chi connectivity index (χ2v) is 8.78. The van der Waals surface area contributed by atoms with Crippen molar-refractivity contribution in [3.8, 4) is 22.0 Å². The van der Waals surface area contributed by atoms with E-state index in [0.29, 0.717) is 22.0 Å². The van der Waals surface area contributed by atoms with E-state index >= 15 is 0 Å². The van der Waals surface area contributed by atoms with Crippen LogP contribution in [0.25, 0.3) is 27.6 Å². The Bertz CT molecular complexity index is 1320. The molecule has 0 fully saturated rings. The molecule has 0 radical (unpaired) electrons. The Hall–Kier alpha value is -2.96. The third-order valence-corrected chi connectivity index (χ3v) is 5.93. The van der Waals surface area contributed by atoms with Crippen LogP contribution >= 0.6 is 11.3 Å². The van der Waals surface area contributed by atoms with Gasteiger partial charge in [0.1, 0.15) is 23.8 Å². The predicted octanol–water partition coefficient (Wildman–Crippen LogP) is 1.08. The Labute approximate surface area is 163 Å². The van der Waals surface area contributed by atoms with Crippen molar-refractivity contribution in [2.75, 3.05) is 13.4 Å². The summed E-state index contributed by atoms with van der Waals surface area (Å²) in [6, 6.07) is 6.48. The topological polar surface area (TPSA) is 121 Å². The summed E-state index contributed by atoms with van der Waals surface area (Å²) in [6.45, 7) is -0.0137. The minimum atomic E-state index is -3.25. The van der Waals surface area contributed by atoms with E-state index in [-0.39, 0.29) is 11.6 Å². The summed E-state index contributed by atoms with van der Waals surface area (Å²) in [4.78, 5) is 21.4. The van der Waals surface area contributed by atoms with Crippen LogP contribution in [0.15, 0.2) is 45.7 Å². The van der Waals surface area contributed by atoms with E-state index in [2.05, 4.69) is 20.3 Å². The molecule has 1 aromatic carbocycles. The molecule has 0 spiro atoms. The molecular weight excluding hydrogens is 404 g/mol. The number of hydrogen-bond donors (Lipinski definition) is 0. The molecule has 0 aliphatic heterocycles. The second-order valence-electron chi connectivity index (χ2n) is 5.91. The fourth-order valence-electron chi connectivity index (χ4n) is 2.58. The molecule has 4 aromatic rings. The maximum absolute atomic E-state index is 12.3. The third-order valence-electron chi connectivity index (χ3n) is 3.95. The van der Waals surface area contributed by atoms with Crippen molar-refractivity contribution in [2.24, 2.45) is 0 Å². The number of hydrogen-bond acceptors (Lipinski definition) is 9. The van der Waals surface area contributed by atoms with Gasteiger partial charge in [-0.1, -0.05) is 17.3 Å². The van der Waals surface area contributed by atoms with Gasteiger partial charge >= 0.3 is 5.69 Å². The van der Waals surface area contributed by atoms with E-state index < -0.39 is 15.5 Å². The molecule has 10 nitrogen and oxygen atoms in total. The Kier molecular flexibility index (Phi) is 4.53. The molecule has 0 atom stereocenters. The van der Waals surface area contributed by atoms with E-state index in [1.807, 2.05) is 5.38 Å². The lowest BCUT2D eigenvalue weighted by molar-refractivity contribution is 0.111. The van der Waals surface area contributed by atoms with Gasteiger partial charge in [-0.25, -0.2) is 27.6 Å². The lowest BCUT2D eigenvalue weighted by Gasteiger charge is -2.01. The van der Waals surface area contributed by atoms with Gasteiger partial charge in [0.25, 0.3) is 0 Å². The van der Waals surface area contributed by atoms with Crippen molar-refractivity contribution in [2.45, 2.75) is 11.6 Å². The largest absolute Gasteiger partial charge is 0.362 e. The zero-order valence-corrected chi connectivity index (χ0v) is 16.4. The molecule has 0 bridgehead atoms. The van der Waals surface area contributed by atoms with Gasteiger partial charge in [-0.2, -0.15) is 4.68 Å². The number of aromatic nitrogens is 6. The Morgan fingerprint density at radius 1 is 1.21 bits per heavy atom. The van der Waals surface area contributed by atoms with Gasteiger partial charge in [0.15, 0.2) is 15.5 Å². The molecule has 28 heavy (non-hydrogen) atoms. The van der Waals surface area contributed by atoms with Crippen LogP contribution in [0.2, 0.25) is 0 Å². The molecule has 3 heterocycles. The molecule has 0 aliphatic rings. The molecule has 3 aromatic heterocycles. The third kappa shape index (κ3) is 3.21. The van der Waals surface area contributed by atoms with Gasteiger partial charge in [0, 0.05) is 24.3 Å². The first kappa shape index (κ1) is 18.4. The summed E-state index contributed by atoms with van der Waals surface area (Å²) in [5.74, 6) is 0. The summed E-state index contributed by atoms with van der Waals surface area (Å²) in [5.41, 5.74) is 1.76. The van der Waals surface area contributed by atoms with Gasteiger partial charge in [-0.15, -0.1) is 16.4 Å². The second kappa shape index (κ2) is 6.89. The molecular formula is C16H14N6O4S2. The number of methoxy groups -OCH3 is 1. The summed E-state index contributed by atoms with van der Waals surface area (Å²) in [6.07, 6.45) is 2.53. The summed E-state index contributed by atoms with van der Waals surface area (Å²) in [5, 5.41) is 10.3. The highest BCUT2D eigenvalue weighted by Gasteiger charge is 2.17. The Balaban J connectivity index is 1.72. The zero-order chi connectivity index (χ0) is 19.9. The van der Waals surface area contributed by atoms with Crippen LogP contribution in [0.4, 0.5) is 0 Å². The average Bonchev–Trinajstić information content (AvgIpc) is 3.30. The summed E-state index contributed by atoms with van der Waals surface area (Å²) < 4.78 is 30.4. The zero-order valence-electron chi connectivity index (χ0n) is 14.8. The average molecular weight is 418 g/mol. The van der Waals surface area contributed by atoms with Crippen molar-refractivity contribution in [1.29, 1.82) is 0 Å². The fourth-order valence-corrected chi connectivity index (χ4v) is 4.03. The van der Waals surface area contributed by atoms with Crippen molar-refractivity contribution in [3.63, 3.8) is 0 Å². The van der Waals surface area contributed by atoms with E-state index in [4.69, 9.17) is 4.74 Å². The maximum Gasteiger partial charge on any atom is 0.355 e. The van der Waals surface area contributed by atoms with Gasteiger partial charge in [-0.3, -0.25) is 0 Å². The number of sulfone groups is 1. The molecule has 0 unspecified atom stereocenters. The summed E-state index contributed by atoms with van der Waals surface area (Å²) >= 11 is 1.34. The molecule has 0 saturated heterocycles. The minimum Gasteiger partial charge on any atom is -0.362 e.